The van der Waals surface area contributed by atoms with E-state index < -0.39 is 12.6 Å². The average Bonchev–Trinajstić information content (AvgIpc) is 3.58. The van der Waals surface area contributed by atoms with Gasteiger partial charge in [0.05, 0.1) is 12.0 Å². The highest BCUT2D eigenvalue weighted by Gasteiger charge is 2.48. The Balaban J connectivity index is 1.35. The summed E-state index contributed by atoms with van der Waals surface area (Å²) in [5, 5.41) is 8.89. The Morgan fingerprint density at radius 1 is 1.27 bits per heavy atom. The average molecular weight is 486 g/mol. The molecule has 172 valence electrons. The number of benzene rings is 1. The molecule has 33 heavy (non-hydrogen) atoms. The number of methoxy groups -OCH3 is 1. The summed E-state index contributed by atoms with van der Waals surface area (Å²) in [7, 11) is 1.49. The predicted octanol–water partition coefficient (Wildman–Crippen LogP) is 4.81. The van der Waals surface area contributed by atoms with Crippen LogP contribution < -0.4 is 9.47 Å². The molecule has 3 atom stereocenters. The zero-order valence-electron chi connectivity index (χ0n) is 18.0. The third-order valence-corrected chi connectivity index (χ3v) is 7.89. The van der Waals surface area contributed by atoms with Gasteiger partial charge in [-0.15, -0.1) is 0 Å². The lowest BCUT2D eigenvalue weighted by Crippen LogP contribution is -2.41. The molecule has 1 N–H and O–H groups in total. The fourth-order valence-electron chi connectivity index (χ4n) is 5.09. The van der Waals surface area contributed by atoms with Gasteiger partial charge in [0.1, 0.15) is 15.8 Å². The molecule has 0 spiro atoms. The molecule has 1 aliphatic heterocycles. The first kappa shape index (κ1) is 22.0. The summed E-state index contributed by atoms with van der Waals surface area (Å²) < 4.78 is 17.2. The third kappa shape index (κ3) is 4.27. The summed E-state index contributed by atoms with van der Waals surface area (Å²) >= 11 is 6.88. The van der Waals surface area contributed by atoms with Gasteiger partial charge >= 0.3 is 5.97 Å². The van der Waals surface area contributed by atoms with Gasteiger partial charge in [0, 0.05) is 17.7 Å². The largest absolute Gasteiger partial charge is 0.493 e. The number of amides is 1. The summed E-state index contributed by atoms with van der Waals surface area (Å²) in [6, 6.07) is 8.97. The monoisotopic (exact) mass is 485 g/mol. The maximum absolute atomic E-state index is 13.1. The first-order valence-corrected chi connectivity index (χ1v) is 12.1. The summed E-state index contributed by atoms with van der Waals surface area (Å²) in [5.74, 6) is 2.03. The highest BCUT2D eigenvalue weighted by molar-refractivity contribution is 8.26. The minimum atomic E-state index is -1.08. The van der Waals surface area contributed by atoms with Crippen molar-refractivity contribution >= 4 is 46.3 Å². The molecule has 1 amide bonds. The number of carbonyl (C=O) groups is 2. The smallest absolute Gasteiger partial charge is 0.341 e. The molecule has 2 aliphatic carbocycles. The topological polar surface area (TPSA) is 89.2 Å². The van der Waals surface area contributed by atoms with Crippen molar-refractivity contribution in [3.63, 3.8) is 0 Å². The van der Waals surface area contributed by atoms with Crippen LogP contribution in [0.4, 0.5) is 0 Å². The van der Waals surface area contributed by atoms with Crippen LogP contribution in [-0.4, -0.2) is 46.0 Å². The third-order valence-electron chi connectivity index (χ3n) is 6.56. The molecule has 1 aromatic carbocycles. The van der Waals surface area contributed by atoms with Crippen LogP contribution in [0, 0.1) is 11.8 Å². The first-order valence-electron chi connectivity index (χ1n) is 10.8. The molecular weight excluding hydrogens is 462 g/mol. The fraction of sp³-hybridized carbons (Fsp3) is 0.375. The Morgan fingerprint density at radius 2 is 2.12 bits per heavy atom. The second-order valence-corrected chi connectivity index (χ2v) is 10.2. The van der Waals surface area contributed by atoms with E-state index in [-0.39, 0.29) is 11.9 Å². The molecule has 3 fully saturated rings. The molecule has 2 bridgehead atoms. The van der Waals surface area contributed by atoms with Gasteiger partial charge in [-0.2, -0.15) is 0 Å². The van der Waals surface area contributed by atoms with E-state index in [1.165, 1.54) is 38.1 Å². The van der Waals surface area contributed by atoms with E-state index in [1.807, 2.05) is 4.90 Å². The summed E-state index contributed by atoms with van der Waals surface area (Å²) in [5.41, 5.74) is 0.699. The van der Waals surface area contributed by atoms with Crippen LogP contribution in [0.25, 0.3) is 17.4 Å². The molecule has 1 saturated heterocycles. The van der Waals surface area contributed by atoms with Crippen LogP contribution in [0.5, 0.6) is 11.5 Å². The molecule has 2 aromatic rings. The van der Waals surface area contributed by atoms with Crippen molar-refractivity contribution in [2.45, 2.75) is 31.7 Å². The molecule has 5 rings (SSSR count). The number of hydrogen-bond acceptors (Lipinski definition) is 7. The quantitative estimate of drug-likeness (QED) is 0.442. The van der Waals surface area contributed by atoms with Crippen molar-refractivity contribution in [1.29, 1.82) is 0 Å². The Labute approximate surface area is 200 Å². The fourth-order valence-corrected chi connectivity index (χ4v) is 6.44. The van der Waals surface area contributed by atoms with Crippen molar-refractivity contribution < 1.29 is 28.6 Å². The lowest BCUT2D eigenvalue weighted by atomic mass is 9.94. The summed E-state index contributed by atoms with van der Waals surface area (Å²) in [6.07, 6.45) is 6.46. The number of carboxylic acid groups (broad SMARTS) is 1. The van der Waals surface area contributed by atoms with Crippen LogP contribution >= 0.6 is 24.0 Å². The van der Waals surface area contributed by atoms with Gasteiger partial charge in [0.15, 0.2) is 18.1 Å². The minimum Gasteiger partial charge on any atom is -0.493 e. The van der Waals surface area contributed by atoms with Gasteiger partial charge in [0.2, 0.25) is 0 Å². The molecule has 0 radical (unpaired) electrons. The number of furan rings is 1. The number of thiocarbonyl (C=S) groups is 1. The van der Waals surface area contributed by atoms with E-state index in [0.29, 0.717) is 43.7 Å². The highest BCUT2D eigenvalue weighted by Crippen LogP contribution is 2.49. The SMILES string of the molecule is COc1ccc(-c2ccc(C=C3SC(=S)N(C4CC5CCC4C5)C3=O)o2)cc1OCC(=O)O. The first-order chi connectivity index (χ1) is 15.9. The summed E-state index contributed by atoms with van der Waals surface area (Å²) in [6.45, 7) is -0.479. The Kier molecular flexibility index (Phi) is 5.92. The van der Waals surface area contributed by atoms with E-state index in [2.05, 4.69) is 0 Å². The van der Waals surface area contributed by atoms with E-state index in [9.17, 15) is 9.59 Å². The molecule has 1 aromatic heterocycles. The number of thioether (sulfide) groups is 1. The number of hydrogen-bond donors (Lipinski definition) is 1. The number of fused-ring (bicyclic) bond motifs is 2. The highest BCUT2D eigenvalue weighted by atomic mass is 32.2. The Bertz CT molecular complexity index is 1160. The maximum Gasteiger partial charge on any atom is 0.341 e. The van der Waals surface area contributed by atoms with Gasteiger partial charge in [-0.05, 0) is 61.4 Å². The normalized spacial score (nSPS) is 25.3. The number of ether oxygens (including phenoxy) is 2. The number of nitrogens with zero attached hydrogens (tertiary/aromatic N) is 1. The van der Waals surface area contributed by atoms with E-state index in [4.69, 9.17) is 31.2 Å². The van der Waals surface area contributed by atoms with Crippen LogP contribution in [-0.2, 0) is 9.59 Å². The summed E-state index contributed by atoms with van der Waals surface area (Å²) in [4.78, 5) is 26.4. The van der Waals surface area contributed by atoms with E-state index in [0.717, 1.165) is 12.3 Å². The molecule has 7 nitrogen and oxygen atoms in total. The number of rotatable bonds is 7. The van der Waals surface area contributed by atoms with Gasteiger partial charge in [0.25, 0.3) is 5.91 Å². The number of carboxylic acids is 1. The lowest BCUT2D eigenvalue weighted by molar-refractivity contribution is -0.139. The number of carbonyl (C=O) groups excluding carboxylic acids is 1. The Morgan fingerprint density at radius 3 is 2.82 bits per heavy atom. The molecular formula is C24H23NO6S2. The second-order valence-electron chi connectivity index (χ2n) is 8.54. The molecule has 3 aliphatic rings. The zero-order chi connectivity index (χ0) is 23.1. The molecule has 3 unspecified atom stereocenters. The van der Waals surface area contributed by atoms with E-state index in [1.54, 1.807) is 36.4 Å². The zero-order valence-corrected chi connectivity index (χ0v) is 19.6. The lowest BCUT2D eigenvalue weighted by Gasteiger charge is -2.30. The minimum absolute atomic E-state index is 0.0331. The standard InChI is InChI=1S/C24H23NO6S2/c1-29-19-6-4-15(10-20(19)30-12-22(26)27)18-7-5-16(31-18)11-21-23(28)25(24(32)33-21)17-9-13-2-3-14(17)8-13/h4-7,10-11,13-14,17H,2-3,8-9,12H2,1H3,(H,26,27). The maximum atomic E-state index is 13.1. The number of aliphatic carboxylic acids is 1. The van der Waals surface area contributed by atoms with Crippen LogP contribution in [0.3, 0.4) is 0 Å². The van der Waals surface area contributed by atoms with Crippen LogP contribution in [0.1, 0.15) is 31.4 Å². The van der Waals surface area contributed by atoms with E-state index >= 15 is 0 Å². The molecule has 9 heteroatoms. The predicted molar refractivity (Wildman–Crippen MR) is 128 cm³/mol. The van der Waals surface area contributed by atoms with Crippen molar-refractivity contribution in [2.75, 3.05) is 13.7 Å². The van der Waals surface area contributed by atoms with Crippen LogP contribution in [0.2, 0.25) is 0 Å². The van der Waals surface area contributed by atoms with Crippen molar-refractivity contribution in [1.82, 2.24) is 4.90 Å². The van der Waals surface area contributed by atoms with Crippen LogP contribution in [0.15, 0.2) is 39.7 Å². The van der Waals surface area contributed by atoms with Gasteiger partial charge in [-0.1, -0.05) is 30.4 Å². The molecule has 2 heterocycles. The van der Waals surface area contributed by atoms with Gasteiger partial charge in [-0.3, -0.25) is 9.69 Å². The second kappa shape index (κ2) is 8.87. The van der Waals surface area contributed by atoms with Crippen molar-refractivity contribution in [3.05, 3.63) is 41.0 Å². The molecule has 2 saturated carbocycles. The van der Waals surface area contributed by atoms with Crippen molar-refractivity contribution in [2.24, 2.45) is 11.8 Å². The van der Waals surface area contributed by atoms with Gasteiger partial charge in [-0.25, -0.2) is 4.79 Å². The van der Waals surface area contributed by atoms with Gasteiger partial charge < -0.3 is 19.0 Å². The Hall–Kier alpha value is -2.78. The van der Waals surface area contributed by atoms with Crippen molar-refractivity contribution in [3.8, 4) is 22.8 Å².